The summed E-state index contributed by atoms with van der Waals surface area (Å²) in [4.78, 5) is 6.86. The number of nitrogens with two attached hydrogens (primary N) is 1. The molecule has 2 aliphatic rings. The molecule has 1 aliphatic heterocycles. The minimum Gasteiger partial charge on any atom is -0.369 e. The molecule has 1 aromatic carbocycles. The Bertz CT molecular complexity index is 533. The molecular formula is C16H23N3. The van der Waals surface area contributed by atoms with E-state index in [1.165, 1.54) is 30.5 Å². The third-order valence-electron chi connectivity index (χ3n) is 4.67. The van der Waals surface area contributed by atoms with E-state index in [9.17, 15) is 0 Å². The van der Waals surface area contributed by atoms with E-state index in [2.05, 4.69) is 54.9 Å². The molecular weight excluding hydrogens is 234 g/mol. The third-order valence-corrected chi connectivity index (χ3v) is 4.67. The Hall–Kier alpha value is -1.51. The zero-order valence-corrected chi connectivity index (χ0v) is 12.1. The van der Waals surface area contributed by atoms with Crippen LogP contribution in [0.3, 0.4) is 0 Å². The molecule has 3 nitrogen and oxygen atoms in total. The molecule has 3 heteroatoms. The topological polar surface area (TPSA) is 41.6 Å². The number of hydrogen-bond donors (Lipinski definition) is 1. The molecule has 1 atom stereocenters. The number of nitrogens with zero attached hydrogens (tertiary/aromatic N) is 2. The van der Waals surface area contributed by atoms with E-state index in [0.717, 1.165) is 6.54 Å². The van der Waals surface area contributed by atoms with E-state index in [-0.39, 0.29) is 5.54 Å². The van der Waals surface area contributed by atoms with Crippen molar-refractivity contribution in [1.82, 2.24) is 0 Å². The lowest BCUT2D eigenvalue weighted by molar-refractivity contribution is 0.346. The number of anilines is 1. The van der Waals surface area contributed by atoms with E-state index in [0.29, 0.717) is 11.4 Å². The van der Waals surface area contributed by atoms with E-state index < -0.39 is 0 Å². The summed E-state index contributed by atoms with van der Waals surface area (Å²) in [7, 11) is 0. The molecule has 1 saturated carbocycles. The van der Waals surface area contributed by atoms with Gasteiger partial charge in [0.2, 0.25) is 0 Å². The van der Waals surface area contributed by atoms with Crippen molar-refractivity contribution in [2.75, 3.05) is 11.4 Å². The minimum atomic E-state index is 0.111. The highest BCUT2D eigenvalue weighted by Crippen LogP contribution is 2.50. The standard InChI is InChI=1S/C16H23N3/c1-12-6-4-5-7-13(12)19-14(17)18-11-16(19)9-8-15(2,3)10-16/h4-7H,8-11H2,1-3H3,(H2,17,18). The molecule has 0 amide bonds. The quantitative estimate of drug-likeness (QED) is 0.840. The molecule has 1 aromatic rings. The highest BCUT2D eigenvalue weighted by molar-refractivity contribution is 5.99. The second-order valence-corrected chi connectivity index (χ2v) is 6.86. The van der Waals surface area contributed by atoms with Crippen molar-refractivity contribution < 1.29 is 0 Å². The average Bonchev–Trinajstić information content (AvgIpc) is 2.82. The van der Waals surface area contributed by atoms with Crippen LogP contribution < -0.4 is 10.6 Å². The first-order valence-corrected chi connectivity index (χ1v) is 7.09. The first-order valence-electron chi connectivity index (χ1n) is 7.09. The predicted octanol–water partition coefficient (Wildman–Crippen LogP) is 3.08. The number of para-hydroxylation sites is 1. The maximum absolute atomic E-state index is 6.20. The SMILES string of the molecule is Cc1ccccc1N1C(N)=NCC12CCC(C)(C)C2. The fourth-order valence-electron chi connectivity index (χ4n) is 3.77. The summed E-state index contributed by atoms with van der Waals surface area (Å²) >= 11 is 0. The number of rotatable bonds is 1. The third kappa shape index (κ3) is 1.92. The lowest BCUT2D eigenvalue weighted by Gasteiger charge is -2.38. The summed E-state index contributed by atoms with van der Waals surface area (Å²) in [6.45, 7) is 7.70. The van der Waals surface area contributed by atoms with Crippen LogP contribution >= 0.6 is 0 Å². The summed E-state index contributed by atoms with van der Waals surface area (Å²) in [5, 5.41) is 0. The van der Waals surface area contributed by atoms with E-state index in [4.69, 9.17) is 5.73 Å². The van der Waals surface area contributed by atoms with Gasteiger partial charge in [-0.2, -0.15) is 0 Å². The molecule has 0 bridgehead atoms. The Morgan fingerprint density at radius 1 is 1.21 bits per heavy atom. The van der Waals surface area contributed by atoms with Crippen LogP contribution in [-0.4, -0.2) is 18.0 Å². The van der Waals surface area contributed by atoms with Gasteiger partial charge in [-0.05, 0) is 43.2 Å². The van der Waals surface area contributed by atoms with Crippen LogP contribution in [0.4, 0.5) is 5.69 Å². The number of hydrogen-bond acceptors (Lipinski definition) is 3. The van der Waals surface area contributed by atoms with Gasteiger partial charge in [-0.3, -0.25) is 4.99 Å². The monoisotopic (exact) mass is 257 g/mol. The van der Waals surface area contributed by atoms with E-state index in [1.54, 1.807) is 0 Å². The van der Waals surface area contributed by atoms with Crippen LogP contribution in [-0.2, 0) is 0 Å². The van der Waals surface area contributed by atoms with E-state index >= 15 is 0 Å². The summed E-state index contributed by atoms with van der Waals surface area (Å²) < 4.78 is 0. The molecule has 0 aromatic heterocycles. The van der Waals surface area contributed by atoms with E-state index in [1.807, 2.05) is 0 Å². The van der Waals surface area contributed by atoms with Gasteiger partial charge >= 0.3 is 0 Å². The molecule has 1 spiro atoms. The summed E-state index contributed by atoms with van der Waals surface area (Å²) in [5.74, 6) is 0.687. The Balaban J connectivity index is 2.03. The largest absolute Gasteiger partial charge is 0.369 e. The van der Waals surface area contributed by atoms with Crippen LogP contribution in [0.2, 0.25) is 0 Å². The number of aryl methyl sites for hydroxylation is 1. The van der Waals surface area contributed by atoms with Gasteiger partial charge in [0, 0.05) is 5.69 Å². The molecule has 0 radical (unpaired) electrons. The van der Waals surface area contributed by atoms with Crippen molar-refractivity contribution in [2.45, 2.75) is 45.6 Å². The number of benzene rings is 1. The van der Waals surface area contributed by atoms with Gasteiger partial charge in [-0.15, -0.1) is 0 Å². The fraction of sp³-hybridized carbons (Fsp3) is 0.562. The molecule has 1 unspecified atom stereocenters. The zero-order chi connectivity index (χ0) is 13.7. The molecule has 1 heterocycles. The lowest BCUT2D eigenvalue weighted by Crippen LogP contribution is -2.51. The van der Waals surface area contributed by atoms with Crippen LogP contribution in [0.1, 0.15) is 38.7 Å². The smallest absolute Gasteiger partial charge is 0.196 e. The molecule has 2 N–H and O–H groups in total. The second kappa shape index (κ2) is 3.99. The number of guanidine groups is 1. The minimum absolute atomic E-state index is 0.111. The Kier molecular flexibility index (Phi) is 2.63. The maximum Gasteiger partial charge on any atom is 0.196 e. The van der Waals surface area contributed by atoms with Crippen LogP contribution in [0.15, 0.2) is 29.3 Å². The highest BCUT2D eigenvalue weighted by Gasteiger charge is 2.51. The first kappa shape index (κ1) is 12.5. The van der Waals surface area contributed by atoms with Gasteiger partial charge in [-0.1, -0.05) is 32.0 Å². The molecule has 3 rings (SSSR count). The Morgan fingerprint density at radius 3 is 2.58 bits per heavy atom. The second-order valence-electron chi connectivity index (χ2n) is 6.86. The van der Waals surface area contributed by atoms with Crippen LogP contribution in [0.5, 0.6) is 0 Å². The lowest BCUT2D eigenvalue weighted by atomic mass is 9.87. The Morgan fingerprint density at radius 2 is 1.95 bits per heavy atom. The summed E-state index contributed by atoms with van der Waals surface area (Å²) in [6, 6.07) is 8.47. The van der Waals surface area contributed by atoms with Crippen molar-refractivity contribution in [3.05, 3.63) is 29.8 Å². The molecule has 1 fully saturated rings. The van der Waals surface area contributed by atoms with Gasteiger partial charge in [0.25, 0.3) is 0 Å². The van der Waals surface area contributed by atoms with Crippen molar-refractivity contribution in [2.24, 2.45) is 16.1 Å². The van der Waals surface area contributed by atoms with Gasteiger partial charge < -0.3 is 10.6 Å². The predicted molar refractivity (Wildman–Crippen MR) is 80.5 cm³/mol. The van der Waals surface area contributed by atoms with Gasteiger partial charge in [-0.25, -0.2) is 0 Å². The molecule has 102 valence electrons. The van der Waals surface area contributed by atoms with Crippen molar-refractivity contribution >= 4 is 11.6 Å². The fourth-order valence-corrected chi connectivity index (χ4v) is 3.77. The normalized spacial score (nSPS) is 29.0. The molecule has 0 saturated heterocycles. The van der Waals surface area contributed by atoms with Gasteiger partial charge in [0.1, 0.15) is 0 Å². The maximum atomic E-state index is 6.20. The van der Waals surface area contributed by atoms with Crippen LogP contribution in [0.25, 0.3) is 0 Å². The highest BCUT2D eigenvalue weighted by atomic mass is 15.4. The van der Waals surface area contributed by atoms with Crippen molar-refractivity contribution in [3.63, 3.8) is 0 Å². The molecule has 1 aliphatic carbocycles. The summed E-state index contributed by atoms with van der Waals surface area (Å²) in [6.07, 6.45) is 3.59. The van der Waals surface area contributed by atoms with Crippen molar-refractivity contribution in [3.8, 4) is 0 Å². The van der Waals surface area contributed by atoms with Crippen LogP contribution in [0, 0.1) is 12.3 Å². The zero-order valence-electron chi connectivity index (χ0n) is 12.1. The molecule has 19 heavy (non-hydrogen) atoms. The van der Waals surface area contributed by atoms with Gasteiger partial charge in [0.05, 0.1) is 12.1 Å². The first-order chi connectivity index (χ1) is 8.94. The average molecular weight is 257 g/mol. The Labute approximate surface area is 115 Å². The van der Waals surface area contributed by atoms with Crippen molar-refractivity contribution in [1.29, 1.82) is 0 Å². The number of aliphatic imine (C=N–C) groups is 1. The van der Waals surface area contributed by atoms with Gasteiger partial charge in [0.15, 0.2) is 5.96 Å². The summed E-state index contributed by atoms with van der Waals surface area (Å²) in [5.41, 5.74) is 9.19.